The van der Waals surface area contributed by atoms with Gasteiger partial charge >= 0.3 is 0 Å². The predicted molar refractivity (Wildman–Crippen MR) is 52.0 cm³/mol. The molecule has 0 bridgehead atoms. The van der Waals surface area contributed by atoms with Crippen LogP contribution in [0.15, 0.2) is 0 Å². The first-order valence-electron chi connectivity index (χ1n) is 3.88. The van der Waals surface area contributed by atoms with E-state index in [-0.39, 0.29) is 5.69 Å². The molecule has 4 heteroatoms. The van der Waals surface area contributed by atoms with Crippen molar-refractivity contribution in [1.29, 1.82) is 0 Å². The molecule has 0 atom stereocenters. The summed E-state index contributed by atoms with van der Waals surface area (Å²) in [5.41, 5.74) is 8.06. The van der Waals surface area contributed by atoms with E-state index in [1.807, 2.05) is 20.8 Å². The van der Waals surface area contributed by atoms with Gasteiger partial charge in [-0.15, -0.1) is 0 Å². The van der Waals surface area contributed by atoms with Crippen molar-refractivity contribution >= 4 is 17.5 Å². The standard InChI is InChI=1S/C9H11ClN2O/c1-4-5(2)7(9(11)13)12-8(10)6(4)3/h1-3H3,(H2,11,13). The van der Waals surface area contributed by atoms with Gasteiger partial charge in [0, 0.05) is 0 Å². The molecule has 1 rings (SSSR count). The zero-order chi connectivity index (χ0) is 10.2. The number of carbonyl (C=O) groups is 1. The number of carbonyl (C=O) groups excluding carboxylic acids is 1. The summed E-state index contributed by atoms with van der Waals surface area (Å²) in [4.78, 5) is 14.9. The molecule has 3 nitrogen and oxygen atoms in total. The fraction of sp³-hybridized carbons (Fsp3) is 0.333. The highest BCUT2D eigenvalue weighted by atomic mass is 35.5. The number of hydrogen-bond donors (Lipinski definition) is 1. The number of primary amides is 1. The highest BCUT2D eigenvalue weighted by molar-refractivity contribution is 6.30. The Bertz CT molecular complexity index is 374. The van der Waals surface area contributed by atoms with E-state index in [1.54, 1.807) is 0 Å². The SMILES string of the molecule is Cc1c(Cl)nc(C(N)=O)c(C)c1C. The number of hydrogen-bond acceptors (Lipinski definition) is 2. The van der Waals surface area contributed by atoms with Crippen molar-refractivity contribution in [1.82, 2.24) is 4.98 Å². The lowest BCUT2D eigenvalue weighted by atomic mass is 10.0. The average Bonchev–Trinajstić information content (AvgIpc) is 2.07. The first-order chi connectivity index (χ1) is 5.95. The van der Waals surface area contributed by atoms with Gasteiger partial charge in [0.15, 0.2) is 0 Å². The first kappa shape index (κ1) is 9.99. The maximum Gasteiger partial charge on any atom is 0.267 e. The fourth-order valence-corrected chi connectivity index (χ4v) is 1.35. The van der Waals surface area contributed by atoms with E-state index in [2.05, 4.69) is 4.98 Å². The molecule has 1 aromatic rings. The van der Waals surface area contributed by atoms with Crippen LogP contribution in [0, 0.1) is 20.8 Å². The molecule has 70 valence electrons. The third-order valence-corrected chi connectivity index (χ3v) is 2.60. The second-order valence-corrected chi connectivity index (χ2v) is 3.35. The zero-order valence-electron chi connectivity index (χ0n) is 7.81. The molecular formula is C9H11ClN2O. The Morgan fingerprint density at radius 3 is 2.23 bits per heavy atom. The minimum absolute atomic E-state index is 0.258. The van der Waals surface area contributed by atoms with Crippen molar-refractivity contribution in [2.45, 2.75) is 20.8 Å². The Balaban J connectivity index is 3.50. The summed E-state index contributed by atoms with van der Waals surface area (Å²) < 4.78 is 0. The van der Waals surface area contributed by atoms with Gasteiger partial charge in [0.1, 0.15) is 10.8 Å². The molecule has 0 saturated carbocycles. The van der Waals surface area contributed by atoms with E-state index in [1.165, 1.54) is 0 Å². The number of nitrogens with two attached hydrogens (primary N) is 1. The van der Waals surface area contributed by atoms with Crippen molar-refractivity contribution in [3.63, 3.8) is 0 Å². The van der Waals surface area contributed by atoms with Crippen molar-refractivity contribution in [2.24, 2.45) is 5.73 Å². The van der Waals surface area contributed by atoms with Crippen LogP contribution >= 0.6 is 11.6 Å². The van der Waals surface area contributed by atoms with Crippen LogP contribution in [0.4, 0.5) is 0 Å². The summed E-state index contributed by atoms with van der Waals surface area (Å²) in [5.74, 6) is -0.539. The third kappa shape index (κ3) is 1.65. The van der Waals surface area contributed by atoms with Crippen LogP contribution in [-0.2, 0) is 0 Å². The molecule has 0 unspecified atom stereocenters. The summed E-state index contributed by atoms with van der Waals surface area (Å²) in [7, 11) is 0. The van der Waals surface area contributed by atoms with Gasteiger partial charge in [-0.1, -0.05) is 11.6 Å². The van der Waals surface area contributed by atoms with Crippen molar-refractivity contribution < 1.29 is 4.79 Å². The number of halogens is 1. The van der Waals surface area contributed by atoms with Crippen molar-refractivity contribution in [3.8, 4) is 0 Å². The topological polar surface area (TPSA) is 56.0 Å². The van der Waals surface area contributed by atoms with Gasteiger partial charge in [0.05, 0.1) is 0 Å². The highest BCUT2D eigenvalue weighted by Gasteiger charge is 2.13. The predicted octanol–water partition coefficient (Wildman–Crippen LogP) is 1.76. The minimum atomic E-state index is -0.539. The molecule has 0 aliphatic rings. The Labute approximate surface area is 81.9 Å². The van der Waals surface area contributed by atoms with Crippen LogP contribution in [0.25, 0.3) is 0 Å². The van der Waals surface area contributed by atoms with Gasteiger partial charge in [-0.05, 0) is 37.5 Å². The van der Waals surface area contributed by atoms with Crippen LogP contribution in [0.2, 0.25) is 5.15 Å². The molecule has 0 radical (unpaired) electrons. The average molecular weight is 199 g/mol. The Morgan fingerprint density at radius 2 is 1.77 bits per heavy atom. The van der Waals surface area contributed by atoms with E-state index >= 15 is 0 Å². The van der Waals surface area contributed by atoms with E-state index in [4.69, 9.17) is 17.3 Å². The summed E-state index contributed by atoms with van der Waals surface area (Å²) in [6.07, 6.45) is 0. The molecular weight excluding hydrogens is 188 g/mol. The summed E-state index contributed by atoms with van der Waals surface area (Å²) in [5, 5.41) is 0.344. The molecule has 0 fully saturated rings. The lowest BCUT2D eigenvalue weighted by Gasteiger charge is -2.09. The van der Waals surface area contributed by atoms with Gasteiger partial charge in [0.25, 0.3) is 5.91 Å². The van der Waals surface area contributed by atoms with Gasteiger partial charge < -0.3 is 5.73 Å². The second kappa shape index (κ2) is 3.34. The number of amides is 1. The monoisotopic (exact) mass is 198 g/mol. The molecule has 0 aliphatic carbocycles. The number of rotatable bonds is 1. The minimum Gasteiger partial charge on any atom is -0.364 e. The largest absolute Gasteiger partial charge is 0.364 e. The zero-order valence-corrected chi connectivity index (χ0v) is 8.57. The molecule has 1 amide bonds. The number of nitrogens with zero attached hydrogens (tertiary/aromatic N) is 1. The lowest BCUT2D eigenvalue weighted by molar-refractivity contribution is 0.0995. The maximum atomic E-state index is 10.9. The quantitative estimate of drug-likeness (QED) is 0.700. The number of aromatic nitrogens is 1. The smallest absolute Gasteiger partial charge is 0.267 e. The molecule has 0 aromatic carbocycles. The first-order valence-corrected chi connectivity index (χ1v) is 4.26. The van der Waals surface area contributed by atoms with E-state index in [9.17, 15) is 4.79 Å². The molecule has 1 aromatic heterocycles. The van der Waals surface area contributed by atoms with Gasteiger partial charge in [-0.25, -0.2) is 4.98 Å². The van der Waals surface area contributed by atoms with Crippen LogP contribution in [0.1, 0.15) is 27.2 Å². The highest BCUT2D eigenvalue weighted by Crippen LogP contribution is 2.21. The summed E-state index contributed by atoms with van der Waals surface area (Å²) in [6.45, 7) is 5.57. The lowest BCUT2D eigenvalue weighted by Crippen LogP contribution is -2.16. The van der Waals surface area contributed by atoms with Crippen LogP contribution in [0.3, 0.4) is 0 Å². The Hall–Kier alpha value is -1.09. The van der Waals surface area contributed by atoms with Crippen LogP contribution in [-0.4, -0.2) is 10.9 Å². The van der Waals surface area contributed by atoms with E-state index in [0.29, 0.717) is 5.15 Å². The summed E-state index contributed by atoms with van der Waals surface area (Å²) >= 11 is 5.82. The van der Waals surface area contributed by atoms with Gasteiger partial charge in [0.2, 0.25) is 0 Å². The van der Waals surface area contributed by atoms with Crippen molar-refractivity contribution in [3.05, 3.63) is 27.5 Å². The Morgan fingerprint density at radius 1 is 1.23 bits per heavy atom. The molecule has 2 N–H and O–H groups in total. The van der Waals surface area contributed by atoms with Crippen LogP contribution in [0.5, 0.6) is 0 Å². The molecule has 0 saturated heterocycles. The number of pyridine rings is 1. The second-order valence-electron chi connectivity index (χ2n) is 2.99. The molecule has 0 spiro atoms. The third-order valence-electron chi connectivity index (χ3n) is 2.23. The van der Waals surface area contributed by atoms with Gasteiger partial charge in [-0.3, -0.25) is 4.79 Å². The Kier molecular flexibility index (Phi) is 2.57. The fourth-order valence-electron chi connectivity index (χ4n) is 1.12. The van der Waals surface area contributed by atoms with Crippen LogP contribution < -0.4 is 5.73 Å². The van der Waals surface area contributed by atoms with Gasteiger partial charge in [-0.2, -0.15) is 0 Å². The molecule has 13 heavy (non-hydrogen) atoms. The van der Waals surface area contributed by atoms with E-state index in [0.717, 1.165) is 16.7 Å². The normalized spacial score (nSPS) is 10.2. The molecule has 0 aliphatic heterocycles. The maximum absolute atomic E-state index is 10.9. The van der Waals surface area contributed by atoms with E-state index < -0.39 is 5.91 Å². The van der Waals surface area contributed by atoms with Crippen molar-refractivity contribution in [2.75, 3.05) is 0 Å². The summed E-state index contributed by atoms with van der Waals surface area (Å²) in [6, 6.07) is 0. The molecule has 1 heterocycles.